The molecule has 1 atom stereocenters. The van der Waals surface area contributed by atoms with Crippen molar-refractivity contribution in [2.45, 2.75) is 32.1 Å². The number of nitrogens with one attached hydrogen (secondary N) is 1. The van der Waals surface area contributed by atoms with Crippen molar-refractivity contribution in [2.75, 3.05) is 13.1 Å². The molecule has 0 bridgehead atoms. The number of rotatable bonds is 2. The third-order valence-electron chi connectivity index (χ3n) is 5.17. The number of aryl methyl sites for hydroxylation is 1. The van der Waals surface area contributed by atoms with Gasteiger partial charge in [0.2, 0.25) is 0 Å². The first-order valence-electron chi connectivity index (χ1n) is 8.77. The molecule has 0 aliphatic carbocycles. The summed E-state index contributed by atoms with van der Waals surface area (Å²) in [5.74, 6) is 0.580. The molecule has 1 fully saturated rings. The van der Waals surface area contributed by atoms with Crippen molar-refractivity contribution in [3.05, 3.63) is 63.8 Å². The van der Waals surface area contributed by atoms with Gasteiger partial charge in [0.1, 0.15) is 11.4 Å². The molecule has 1 N–H and O–H groups in total. The summed E-state index contributed by atoms with van der Waals surface area (Å²) < 4.78 is 1.23. The van der Waals surface area contributed by atoms with Gasteiger partial charge in [-0.3, -0.25) is 14.7 Å². The van der Waals surface area contributed by atoms with Gasteiger partial charge in [-0.25, -0.2) is 4.98 Å². The van der Waals surface area contributed by atoms with Gasteiger partial charge in [-0.2, -0.15) is 9.50 Å². The van der Waals surface area contributed by atoms with Gasteiger partial charge in [0.05, 0.1) is 0 Å². The van der Waals surface area contributed by atoms with E-state index in [1.54, 1.807) is 11.8 Å². The molecule has 1 aliphatic rings. The Labute approximate surface area is 150 Å². The Kier molecular flexibility index (Phi) is 3.86. The van der Waals surface area contributed by atoms with E-state index in [-0.39, 0.29) is 22.7 Å². The molecule has 1 unspecified atom stereocenters. The number of aromatic amines is 1. The Hall–Kier alpha value is -2.96. The van der Waals surface area contributed by atoms with Gasteiger partial charge in [-0.1, -0.05) is 37.3 Å². The highest BCUT2D eigenvalue weighted by molar-refractivity contribution is 5.93. The lowest BCUT2D eigenvalue weighted by atomic mass is 9.76. The van der Waals surface area contributed by atoms with Crippen LogP contribution in [-0.4, -0.2) is 43.5 Å². The second-order valence-corrected chi connectivity index (χ2v) is 7.18. The molecule has 26 heavy (non-hydrogen) atoms. The van der Waals surface area contributed by atoms with Crippen LogP contribution in [-0.2, 0) is 5.41 Å². The first kappa shape index (κ1) is 16.5. The fourth-order valence-electron chi connectivity index (χ4n) is 3.77. The number of hydrogen-bond donors (Lipinski definition) is 1. The van der Waals surface area contributed by atoms with Crippen molar-refractivity contribution < 1.29 is 4.79 Å². The van der Waals surface area contributed by atoms with Crippen LogP contribution in [0.3, 0.4) is 0 Å². The number of hydrogen-bond acceptors (Lipinski definition) is 4. The summed E-state index contributed by atoms with van der Waals surface area (Å²) in [5.41, 5.74) is 0.760. The number of nitrogens with zero attached hydrogens (tertiary/aromatic N) is 4. The van der Waals surface area contributed by atoms with Gasteiger partial charge in [0, 0.05) is 24.7 Å². The van der Waals surface area contributed by atoms with Gasteiger partial charge >= 0.3 is 0 Å². The highest BCUT2D eigenvalue weighted by atomic mass is 16.2. The van der Waals surface area contributed by atoms with Gasteiger partial charge in [-0.05, 0) is 25.3 Å². The molecule has 1 saturated heterocycles. The molecule has 3 heterocycles. The number of fused-ring (bicyclic) bond motifs is 1. The minimum absolute atomic E-state index is 0.0726. The number of carbonyl (C=O) groups is 1. The van der Waals surface area contributed by atoms with E-state index in [9.17, 15) is 9.59 Å². The fourth-order valence-corrected chi connectivity index (χ4v) is 3.77. The molecule has 7 nitrogen and oxygen atoms in total. The molecule has 134 valence electrons. The molecular weight excluding hydrogens is 330 g/mol. The lowest BCUT2D eigenvalue weighted by Crippen LogP contribution is -2.48. The molecule has 0 spiro atoms. The van der Waals surface area contributed by atoms with Crippen LogP contribution in [0.15, 0.2) is 41.3 Å². The third-order valence-corrected chi connectivity index (χ3v) is 5.17. The van der Waals surface area contributed by atoms with E-state index in [0.717, 1.165) is 12.8 Å². The quantitative estimate of drug-likeness (QED) is 0.765. The van der Waals surface area contributed by atoms with Crippen LogP contribution >= 0.6 is 0 Å². The third kappa shape index (κ3) is 2.69. The zero-order valence-electron chi connectivity index (χ0n) is 14.9. The highest BCUT2D eigenvalue weighted by Gasteiger charge is 2.35. The maximum atomic E-state index is 13.0. The highest BCUT2D eigenvalue weighted by Crippen LogP contribution is 2.33. The largest absolute Gasteiger partial charge is 0.338 e. The number of carbonyl (C=O) groups excluding carboxylic acids is 1. The Balaban J connectivity index is 1.66. The summed E-state index contributed by atoms with van der Waals surface area (Å²) in [4.78, 5) is 35.7. The van der Waals surface area contributed by atoms with Crippen molar-refractivity contribution in [3.8, 4) is 0 Å². The minimum Gasteiger partial charge on any atom is -0.338 e. The molecule has 1 aliphatic heterocycles. The van der Waals surface area contributed by atoms with E-state index in [1.165, 1.54) is 16.3 Å². The smallest absolute Gasteiger partial charge is 0.286 e. The van der Waals surface area contributed by atoms with E-state index in [4.69, 9.17) is 0 Å². The maximum Gasteiger partial charge on any atom is 0.286 e. The average Bonchev–Trinajstić information content (AvgIpc) is 3.04. The van der Waals surface area contributed by atoms with E-state index >= 15 is 0 Å². The molecule has 1 aromatic carbocycles. The Bertz CT molecular complexity index is 1020. The molecule has 4 rings (SSSR count). The summed E-state index contributed by atoms with van der Waals surface area (Å²) in [6.07, 6.45) is 3.25. The second kappa shape index (κ2) is 6.09. The number of H-pyrrole nitrogens is 1. The van der Waals surface area contributed by atoms with Crippen molar-refractivity contribution in [2.24, 2.45) is 0 Å². The zero-order valence-corrected chi connectivity index (χ0v) is 14.9. The molecule has 1 amide bonds. The lowest BCUT2D eigenvalue weighted by molar-refractivity contribution is 0.0648. The summed E-state index contributed by atoms with van der Waals surface area (Å²) in [6.45, 7) is 5.14. The Morgan fingerprint density at radius 1 is 1.27 bits per heavy atom. The van der Waals surface area contributed by atoms with Gasteiger partial charge < -0.3 is 4.90 Å². The summed E-state index contributed by atoms with van der Waals surface area (Å²) in [6, 6.07) is 10.2. The zero-order chi connectivity index (χ0) is 18.3. The summed E-state index contributed by atoms with van der Waals surface area (Å²) in [7, 11) is 0. The average molecular weight is 351 g/mol. The standard InChI is InChI=1S/C19H21N5O2/c1-13-21-18-20-11-15(17(26)24(18)22-13)16(25)23-10-6-9-19(2,12-23)14-7-4-3-5-8-14/h3-5,7-8,11H,6,9-10,12H2,1-2H3,(H,20,21,22). The van der Waals surface area contributed by atoms with E-state index in [0.29, 0.717) is 18.9 Å². The maximum absolute atomic E-state index is 13.0. The first-order valence-corrected chi connectivity index (χ1v) is 8.77. The van der Waals surface area contributed by atoms with Crippen LogP contribution in [0.4, 0.5) is 0 Å². The van der Waals surface area contributed by atoms with Gasteiger partial charge in [-0.15, -0.1) is 0 Å². The normalized spacial score (nSPS) is 20.5. The first-order chi connectivity index (χ1) is 12.5. The van der Waals surface area contributed by atoms with Crippen LogP contribution < -0.4 is 5.56 Å². The van der Waals surface area contributed by atoms with Crippen LogP contribution in [0.2, 0.25) is 0 Å². The summed E-state index contributed by atoms with van der Waals surface area (Å²) >= 11 is 0. The van der Waals surface area contributed by atoms with Gasteiger partial charge in [0.25, 0.3) is 17.2 Å². The molecule has 2 aromatic heterocycles. The molecule has 3 aromatic rings. The topological polar surface area (TPSA) is 83.4 Å². The summed E-state index contributed by atoms with van der Waals surface area (Å²) in [5, 5.41) is 2.83. The van der Waals surface area contributed by atoms with E-state index in [1.807, 2.05) is 18.2 Å². The van der Waals surface area contributed by atoms with E-state index < -0.39 is 5.56 Å². The minimum atomic E-state index is -0.410. The lowest BCUT2D eigenvalue weighted by Gasteiger charge is -2.40. The number of piperidine rings is 1. The van der Waals surface area contributed by atoms with Crippen molar-refractivity contribution >= 4 is 11.7 Å². The molecule has 0 radical (unpaired) electrons. The predicted octanol–water partition coefficient (Wildman–Crippen LogP) is 1.92. The number of likely N-dealkylation sites (tertiary alicyclic amines) is 1. The monoisotopic (exact) mass is 351 g/mol. The predicted molar refractivity (Wildman–Crippen MR) is 97.3 cm³/mol. The van der Waals surface area contributed by atoms with Crippen LogP contribution in [0, 0.1) is 6.92 Å². The second-order valence-electron chi connectivity index (χ2n) is 7.18. The van der Waals surface area contributed by atoms with Crippen LogP contribution in [0.5, 0.6) is 0 Å². The van der Waals surface area contributed by atoms with Gasteiger partial charge in [0.15, 0.2) is 0 Å². The SMILES string of the molecule is Cc1nc2ncc(C(=O)N3CCCC(C)(c4ccccc4)C3)c(=O)n2[nH]1. The van der Waals surface area contributed by atoms with Crippen LogP contribution in [0.1, 0.15) is 41.5 Å². The van der Waals surface area contributed by atoms with Crippen LogP contribution in [0.25, 0.3) is 5.78 Å². The molecular formula is C19H21N5O2. The van der Waals surface area contributed by atoms with E-state index in [2.05, 4.69) is 34.1 Å². The molecule has 7 heteroatoms. The Morgan fingerprint density at radius 3 is 2.81 bits per heavy atom. The molecule has 0 saturated carbocycles. The number of amides is 1. The Morgan fingerprint density at radius 2 is 2.04 bits per heavy atom. The van der Waals surface area contributed by atoms with Crippen molar-refractivity contribution in [1.29, 1.82) is 0 Å². The van der Waals surface area contributed by atoms with Crippen molar-refractivity contribution in [3.63, 3.8) is 0 Å². The fraction of sp³-hybridized carbons (Fsp3) is 0.368. The number of aromatic nitrogens is 4. The van der Waals surface area contributed by atoms with Crippen molar-refractivity contribution in [1.82, 2.24) is 24.5 Å². The number of benzene rings is 1.